The van der Waals surface area contributed by atoms with Crippen LogP contribution in [0.5, 0.6) is 0 Å². The second kappa shape index (κ2) is 6.50. The zero-order valence-electron chi connectivity index (χ0n) is 11.2. The van der Waals surface area contributed by atoms with Gasteiger partial charge in [-0.25, -0.2) is 0 Å². The third-order valence-corrected chi connectivity index (χ3v) is 4.12. The van der Waals surface area contributed by atoms with Crippen LogP contribution in [0, 0.1) is 5.92 Å². The van der Waals surface area contributed by atoms with Gasteiger partial charge >= 0.3 is 0 Å². The lowest BCUT2D eigenvalue weighted by Gasteiger charge is -2.39. The van der Waals surface area contributed by atoms with Crippen molar-refractivity contribution in [2.45, 2.75) is 25.8 Å². The van der Waals surface area contributed by atoms with Crippen molar-refractivity contribution >= 4 is 5.91 Å². The van der Waals surface area contributed by atoms with Crippen LogP contribution in [0.15, 0.2) is 0 Å². The molecule has 0 saturated carbocycles. The quantitative estimate of drug-likeness (QED) is 0.765. The van der Waals surface area contributed by atoms with Crippen molar-refractivity contribution in [2.24, 2.45) is 5.92 Å². The Morgan fingerprint density at radius 1 is 1.39 bits per heavy atom. The van der Waals surface area contributed by atoms with Crippen LogP contribution < -0.4 is 0 Å². The van der Waals surface area contributed by atoms with E-state index in [1.54, 1.807) is 0 Å². The van der Waals surface area contributed by atoms with Gasteiger partial charge in [-0.1, -0.05) is 6.92 Å². The van der Waals surface area contributed by atoms with E-state index in [0.29, 0.717) is 12.5 Å². The number of nitrogens with zero attached hydrogens (tertiary/aromatic N) is 2. The predicted octanol–water partition coefficient (Wildman–Crippen LogP) is -0.0620. The first-order valence-corrected chi connectivity index (χ1v) is 6.95. The molecule has 0 bridgehead atoms. The maximum absolute atomic E-state index is 11.8. The molecule has 0 aromatic rings. The summed E-state index contributed by atoms with van der Waals surface area (Å²) in [5.41, 5.74) is 0. The highest BCUT2D eigenvalue weighted by atomic mass is 16.5. The topological polar surface area (TPSA) is 53.0 Å². The minimum Gasteiger partial charge on any atom is -0.394 e. The number of morpholine rings is 1. The number of aliphatic hydroxyl groups excluding tert-OH is 1. The van der Waals surface area contributed by atoms with E-state index in [4.69, 9.17) is 4.74 Å². The van der Waals surface area contributed by atoms with Crippen molar-refractivity contribution < 1.29 is 14.6 Å². The van der Waals surface area contributed by atoms with Crippen molar-refractivity contribution in [1.82, 2.24) is 9.80 Å². The fourth-order valence-electron chi connectivity index (χ4n) is 2.82. The van der Waals surface area contributed by atoms with E-state index in [1.807, 2.05) is 4.90 Å². The molecule has 0 spiro atoms. The molecule has 1 amide bonds. The van der Waals surface area contributed by atoms with Crippen LogP contribution in [-0.2, 0) is 9.53 Å². The Balaban J connectivity index is 1.85. The number of carbonyl (C=O) groups is 1. The number of piperidine rings is 1. The molecule has 2 aliphatic heterocycles. The van der Waals surface area contributed by atoms with E-state index in [0.717, 1.165) is 39.0 Å². The zero-order valence-corrected chi connectivity index (χ0v) is 11.2. The molecular formula is C13H24N2O3. The molecule has 0 aliphatic carbocycles. The molecule has 0 aromatic heterocycles. The Hall–Kier alpha value is -0.650. The van der Waals surface area contributed by atoms with Crippen molar-refractivity contribution in [3.05, 3.63) is 0 Å². The molecule has 1 N–H and O–H groups in total. The minimum absolute atomic E-state index is 0.000451. The largest absolute Gasteiger partial charge is 0.394 e. The standard InChI is InChI=1S/C13H24N2O3/c1-2-14-5-3-11(4-6-14)7-15-12(8-16)9-18-10-13(15)17/h11-12,16H,2-10H2,1H3. The van der Waals surface area contributed by atoms with Gasteiger partial charge in [0.05, 0.1) is 19.3 Å². The molecule has 2 saturated heterocycles. The van der Waals surface area contributed by atoms with Crippen LogP contribution in [0.2, 0.25) is 0 Å². The average Bonchev–Trinajstić information content (AvgIpc) is 2.42. The van der Waals surface area contributed by atoms with E-state index in [1.165, 1.54) is 0 Å². The SMILES string of the molecule is CCN1CCC(CN2C(=O)COCC2CO)CC1. The first kappa shape index (κ1) is 13.8. The minimum atomic E-state index is -0.143. The van der Waals surface area contributed by atoms with Crippen LogP contribution in [-0.4, -0.2) is 72.9 Å². The van der Waals surface area contributed by atoms with Gasteiger partial charge in [0, 0.05) is 6.54 Å². The van der Waals surface area contributed by atoms with Gasteiger partial charge in [-0.2, -0.15) is 0 Å². The Labute approximate surface area is 109 Å². The summed E-state index contributed by atoms with van der Waals surface area (Å²) in [6.07, 6.45) is 2.30. The number of rotatable bonds is 4. The third-order valence-electron chi connectivity index (χ3n) is 4.12. The molecular weight excluding hydrogens is 232 g/mol. The predicted molar refractivity (Wildman–Crippen MR) is 68.2 cm³/mol. The number of hydrogen-bond acceptors (Lipinski definition) is 4. The summed E-state index contributed by atoms with van der Waals surface area (Å²) in [5, 5.41) is 9.31. The number of hydrogen-bond donors (Lipinski definition) is 1. The highest BCUT2D eigenvalue weighted by molar-refractivity contribution is 5.78. The summed E-state index contributed by atoms with van der Waals surface area (Å²) < 4.78 is 5.18. The molecule has 18 heavy (non-hydrogen) atoms. The monoisotopic (exact) mass is 256 g/mol. The Bertz CT molecular complexity index is 277. The van der Waals surface area contributed by atoms with E-state index < -0.39 is 0 Å². The maximum atomic E-state index is 11.8. The van der Waals surface area contributed by atoms with Crippen LogP contribution in [0.4, 0.5) is 0 Å². The molecule has 5 heteroatoms. The van der Waals surface area contributed by atoms with Crippen LogP contribution in [0.25, 0.3) is 0 Å². The second-order valence-electron chi connectivity index (χ2n) is 5.28. The molecule has 2 aliphatic rings. The van der Waals surface area contributed by atoms with E-state index in [9.17, 15) is 9.90 Å². The fraction of sp³-hybridized carbons (Fsp3) is 0.923. The third kappa shape index (κ3) is 3.22. The van der Waals surface area contributed by atoms with Gasteiger partial charge in [-0.05, 0) is 38.4 Å². The van der Waals surface area contributed by atoms with Crippen LogP contribution in [0.3, 0.4) is 0 Å². The summed E-state index contributed by atoms with van der Waals surface area (Å²) in [4.78, 5) is 16.1. The van der Waals surface area contributed by atoms with Gasteiger partial charge in [0.25, 0.3) is 0 Å². The van der Waals surface area contributed by atoms with Gasteiger partial charge in [0.1, 0.15) is 6.61 Å². The lowest BCUT2D eigenvalue weighted by Crippen LogP contribution is -2.53. The number of amides is 1. The van der Waals surface area contributed by atoms with Gasteiger partial charge in [0.15, 0.2) is 0 Å². The van der Waals surface area contributed by atoms with Crippen LogP contribution >= 0.6 is 0 Å². The Morgan fingerprint density at radius 3 is 2.72 bits per heavy atom. The highest BCUT2D eigenvalue weighted by Crippen LogP contribution is 2.20. The maximum Gasteiger partial charge on any atom is 0.248 e. The molecule has 1 unspecified atom stereocenters. The Kier molecular flexibility index (Phi) is 4.97. The number of carbonyl (C=O) groups excluding carboxylic acids is 1. The fourth-order valence-corrected chi connectivity index (χ4v) is 2.82. The number of ether oxygens (including phenoxy) is 1. The van der Waals surface area contributed by atoms with Gasteiger partial charge < -0.3 is 19.6 Å². The molecule has 1 atom stereocenters. The summed E-state index contributed by atoms with van der Waals surface area (Å²) in [6, 6.07) is -0.143. The first-order valence-electron chi connectivity index (χ1n) is 6.95. The van der Waals surface area contributed by atoms with Crippen molar-refractivity contribution in [3.63, 3.8) is 0 Å². The van der Waals surface area contributed by atoms with E-state index in [-0.39, 0.29) is 25.2 Å². The molecule has 5 nitrogen and oxygen atoms in total. The molecule has 104 valence electrons. The summed E-state index contributed by atoms with van der Waals surface area (Å²) in [5.74, 6) is 0.599. The lowest BCUT2D eigenvalue weighted by molar-refractivity contribution is -0.151. The van der Waals surface area contributed by atoms with Crippen LogP contribution in [0.1, 0.15) is 19.8 Å². The van der Waals surface area contributed by atoms with Crippen molar-refractivity contribution in [3.8, 4) is 0 Å². The normalized spacial score (nSPS) is 27.8. The van der Waals surface area contributed by atoms with Crippen molar-refractivity contribution in [2.75, 3.05) is 46.0 Å². The van der Waals surface area contributed by atoms with Gasteiger partial charge in [-0.3, -0.25) is 4.79 Å². The number of likely N-dealkylation sites (tertiary alicyclic amines) is 1. The highest BCUT2D eigenvalue weighted by Gasteiger charge is 2.31. The molecule has 2 rings (SSSR count). The molecule has 2 fully saturated rings. The number of aliphatic hydroxyl groups is 1. The average molecular weight is 256 g/mol. The lowest BCUT2D eigenvalue weighted by atomic mass is 9.95. The van der Waals surface area contributed by atoms with E-state index >= 15 is 0 Å². The zero-order chi connectivity index (χ0) is 13.0. The summed E-state index contributed by atoms with van der Waals surface area (Å²) >= 11 is 0. The smallest absolute Gasteiger partial charge is 0.248 e. The Morgan fingerprint density at radius 2 is 2.11 bits per heavy atom. The van der Waals surface area contributed by atoms with Gasteiger partial charge in [0.2, 0.25) is 5.91 Å². The second-order valence-corrected chi connectivity index (χ2v) is 5.28. The van der Waals surface area contributed by atoms with Gasteiger partial charge in [-0.15, -0.1) is 0 Å². The molecule has 0 radical (unpaired) electrons. The first-order chi connectivity index (χ1) is 8.74. The summed E-state index contributed by atoms with van der Waals surface area (Å²) in [7, 11) is 0. The van der Waals surface area contributed by atoms with E-state index in [2.05, 4.69) is 11.8 Å². The van der Waals surface area contributed by atoms with Crippen molar-refractivity contribution in [1.29, 1.82) is 0 Å². The molecule has 0 aromatic carbocycles. The summed E-state index contributed by atoms with van der Waals surface area (Å²) in [6.45, 7) is 6.98. The molecule has 2 heterocycles.